The summed E-state index contributed by atoms with van der Waals surface area (Å²) in [6.07, 6.45) is -10.2. The summed E-state index contributed by atoms with van der Waals surface area (Å²) < 4.78 is 195. The van der Waals surface area contributed by atoms with Gasteiger partial charge in [0.1, 0.15) is 40.9 Å². The lowest BCUT2D eigenvalue weighted by molar-refractivity contribution is -0.143. The van der Waals surface area contributed by atoms with Crippen LogP contribution >= 0.6 is 11.6 Å². The molecule has 3 N–H and O–H groups in total. The number of rotatable bonds is 11. The van der Waals surface area contributed by atoms with Gasteiger partial charge in [-0.2, -0.15) is 49.6 Å². The molecule has 1 fully saturated rings. The second kappa shape index (κ2) is 17.0. The van der Waals surface area contributed by atoms with Crippen molar-refractivity contribution in [1.29, 1.82) is 0 Å². The topological polar surface area (TPSA) is 209 Å². The number of anilines is 1. The molecule has 2 aliphatic carbocycles. The van der Waals surface area contributed by atoms with Crippen LogP contribution in [0.2, 0.25) is 5.02 Å². The third-order valence-electron chi connectivity index (χ3n) is 11.2. The molecule has 0 spiro atoms. The second-order valence-electron chi connectivity index (χ2n) is 16.7. The quantitative estimate of drug-likeness (QED) is 0.0887. The molecule has 0 bridgehead atoms. The van der Waals surface area contributed by atoms with Crippen molar-refractivity contribution >= 4 is 65.9 Å². The van der Waals surface area contributed by atoms with Crippen molar-refractivity contribution in [3.63, 3.8) is 0 Å². The normalized spacial score (nSPS) is 17.1. The van der Waals surface area contributed by atoms with E-state index in [0.717, 1.165) is 42.7 Å². The molecular formula is C41H33ClF10N8O7S2. The smallest absolute Gasteiger partial charge is 0.361 e. The number of benzene rings is 2. The van der Waals surface area contributed by atoms with Crippen LogP contribution in [-0.2, 0) is 65.9 Å². The fraction of sp³-hybridized carbons (Fsp3) is 0.366. The molecule has 1 saturated carbocycles. The zero-order valence-corrected chi connectivity index (χ0v) is 38.1. The van der Waals surface area contributed by atoms with Crippen LogP contribution in [0.25, 0.3) is 22.0 Å². The van der Waals surface area contributed by atoms with Crippen molar-refractivity contribution in [2.45, 2.75) is 74.8 Å². The van der Waals surface area contributed by atoms with Gasteiger partial charge in [0.25, 0.3) is 5.92 Å². The van der Waals surface area contributed by atoms with E-state index in [1.165, 1.54) is 13.8 Å². The average Bonchev–Trinajstić information content (AvgIpc) is 3.71. The molecule has 3 aromatic heterocycles. The highest BCUT2D eigenvalue weighted by molar-refractivity contribution is 7.93. The minimum Gasteiger partial charge on any atom is -0.361 e. The Hall–Kier alpha value is -6.27. The average molecular weight is 1040 g/mol. The molecule has 15 nitrogen and oxygen atoms in total. The van der Waals surface area contributed by atoms with Gasteiger partial charge in [0.2, 0.25) is 15.9 Å². The molecule has 7 rings (SSSR count). The number of primary amides is 1. The third kappa shape index (κ3) is 9.82. The van der Waals surface area contributed by atoms with Crippen LogP contribution in [0.15, 0.2) is 42.5 Å². The van der Waals surface area contributed by atoms with Gasteiger partial charge in [-0.25, -0.2) is 30.6 Å². The molecule has 2 aliphatic rings. The minimum absolute atomic E-state index is 0.154. The van der Waals surface area contributed by atoms with E-state index in [-0.39, 0.29) is 36.9 Å². The number of aromatic nitrogens is 5. The Labute approximate surface area is 388 Å². The first-order valence-electron chi connectivity index (χ1n) is 19.7. The molecular weight excluding hydrogens is 1010 g/mol. The van der Waals surface area contributed by atoms with Crippen LogP contribution < -0.4 is 15.4 Å². The lowest BCUT2D eigenvalue weighted by Gasteiger charge is -2.23. The number of amides is 3. The zero-order chi connectivity index (χ0) is 51.3. The van der Waals surface area contributed by atoms with Crippen LogP contribution in [0, 0.1) is 29.4 Å². The van der Waals surface area contributed by atoms with Crippen molar-refractivity contribution in [2.24, 2.45) is 11.7 Å². The summed E-state index contributed by atoms with van der Waals surface area (Å²) in [6.45, 7) is -0.930. The fourth-order valence-corrected chi connectivity index (χ4v) is 9.21. The first-order chi connectivity index (χ1) is 31.6. The molecule has 2 aromatic carbocycles. The van der Waals surface area contributed by atoms with Gasteiger partial charge in [0.15, 0.2) is 21.3 Å². The summed E-state index contributed by atoms with van der Waals surface area (Å²) in [5, 5.41) is 8.18. The van der Waals surface area contributed by atoms with E-state index in [0.29, 0.717) is 12.3 Å². The van der Waals surface area contributed by atoms with E-state index in [9.17, 15) is 66.3 Å². The number of halogens is 11. The Kier molecular flexibility index (Phi) is 12.5. The molecule has 3 heterocycles. The highest BCUT2D eigenvalue weighted by Gasteiger charge is 2.68. The largest absolute Gasteiger partial charge is 0.435 e. The van der Waals surface area contributed by atoms with E-state index >= 15 is 8.78 Å². The Balaban J connectivity index is 1.50. The van der Waals surface area contributed by atoms with Gasteiger partial charge in [0, 0.05) is 34.9 Å². The Morgan fingerprint density at radius 3 is 2.14 bits per heavy atom. The molecule has 0 unspecified atom stereocenters. The first-order valence-corrected chi connectivity index (χ1v) is 23.9. The SMILES string of the molecule is CC(C)(C#Cc1ccc(-c2ccc(Cl)c3c(N(C(=O)C(N)=O)S(C)(=O)=O)nn(CC(F)(F)F)c23)c([C@H](Cc2cc(F)cc(F)c2)NC(=O)Cn2nc(C(F)(F)F)c3c2C(F)(F)[C@@H]2C[C@H]32)n1)S(C)(=O)=O. The van der Waals surface area contributed by atoms with Crippen molar-refractivity contribution in [2.75, 3.05) is 16.8 Å². The van der Waals surface area contributed by atoms with Crippen molar-refractivity contribution in [3.8, 4) is 23.0 Å². The first kappa shape index (κ1) is 50.6. The molecule has 5 aromatic rings. The van der Waals surface area contributed by atoms with E-state index in [2.05, 4.69) is 32.3 Å². The number of hydrogen-bond acceptors (Lipinski definition) is 10. The predicted octanol–water partition coefficient (Wildman–Crippen LogP) is 6.07. The second-order valence-corrected chi connectivity index (χ2v) is 21.5. The summed E-state index contributed by atoms with van der Waals surface area (Å²) in [5.41, 5.74) is -1.16. The summed E-state index contributed by atoms with van der Waals surface area (Å²) in [6, 6.07) is 4.44. The molecule has 368 valence electrons. The number of nitrogens with two attached hydrogens (primary N) is 1. The molecule has 3 amide bonds. The number of carbonyl (C=O) groups excluding carboxylic acids is 3. The zero-order valence-electron chi connectivity index (χ0n) is 35.7. The highest BCUT2D eigenvalue weighted by Crippen LogP contribution is 2.68. The Morgan fingerprint density at radius 1 is 0.957 bits per heavy atom. The number of sulfone groups is 1. The van der Waals surface area contributed by atoms with Gasteiger partial charge in [-0.1, -0.05) is 23.6 Å². The van der Waals surface area contributed by atoms with Gasteiger partial charge in [-0.3, -0.25) is 23.7 Å². The maximum absolute atomic E-state index is 15.5. The lowest BCUT2D eigenvalue weighted by Crippen LogP contribution is -2.44. The Bertz CT molecular complexity index is 3290. The number of nitrogens with zero attached hydrogens (tertiary/aromatic N) is 6. The van der Waals surface area contributed by atoms with Crippen molar-refractivity contribution < 1.29 is 75.1 Å². The summed E-state index contributed by atoms with van der Waals surface area (Å²) in [7, 11) is -8.88. The van der Waals surface area contributed by atoms with Crippen molar-refractivity contribution in [3.05, 3.63) is 93.0 Å². The lowest BCUT2D eigenvalue weighted by atomic mass is 9.93. The summed E-state index contributed by atoms with van der Waals surface area (Å²) >= 11 is 6.49. The molecule has 0 saturated heterocycles. The maximum Gasteiger partial charge on any atom is 0.435 e. The van der Waals surface area contributed by atoms with E-state index in [1.807, 2.05) is 0 Å². The number of carbonyl (C=O) groups is 3. The summed E-state index contributed by atoms with van der Waals surface area (Å²) in [5.74, 6) is -10.2. The fourth-order valence-electron chi connectivity index (χ4n) is 7.90. The van der Waals surface area contributed by atoms with Crippen LogP contribution in [0.4, 0.5) is 49.7 Å². The summed E-state index contributed by atoms with van der Waals surface area (Å²) in [4.78, 5) is 43.6. The Morgan fingerprint density at radius 2 is 1.58 bits per heavy atom. The number of hydrogen-bond donors (Lipinski definition) is 2. The molecule has 0 aliphatic heterocycles. The van der Waals surface area contributed by atoms with Gasteiger partial charge >= 0.3 is 24.2 Å². The third-order valence-corrected chi connectivity index (χ3v) is 14.5. The van der Waals surface area contributed by atoms with E-state index in [1.54, 1.807) is 0 Å². The monoisotopic (exact) mass is 1040 g/mol. The molecule has 0 radical (unpaired) electrons. The van der Waals surface area contributed by atoms with Crippen LogP contribution in [0.5, 0.6) is 0 Å². The van der Waals surface area contributed by atoms with Crippen LogP contribution in [-0.4, -0.2) is 82.5 Å². The van der Waals surface area contributed by atoms with E-state index < -0.39 is 160 Å². The number of nitrogens with one attached hydrogen (secondary N) is 1. The molecule has 28 heteroatoms. The maximum atomic E-state index is 15.5. The number of fused-ring (bicyclic) bond motifs is 4. The van der Waals surface area contributed by atoms with E-state index in [4.69, 9.17) is 17.3 Å². The standard InChI is InChI=1S/C41H33ClF10N8O7S2/c1-38(2,68(3,64)65)10-9-21-5-6-22(23-7-8-26(42)30-32(23)59(17-39(45,46)47)57-36(30)60(69(4,66)67)37(63)35(53)62)31(54-21)27(13-18-11-19(43)14-20(44)12-18)55-28(61)16-58-34-29(33(56-58)41(50,51)52)24-15-25(24)40(34,48)49/h5-8,11-12,14,24-25,27H,13,15-17H2,1-4H3,(H2,53,62)(H,55,61)/t24-,25+,27-/m0/s1. The van der Waals surface area contributed by atoms with Gasteiger partial charge in [-0.05, 0) is 74.4 Å². The van der Waals surface area contributed by atoms with Gasteiger partial charge < -0.3 is 11.1 Å². The molecule has 3 atom stereocenters. The van der Waals surface area contributed by atoms with Crippen molar-refractivity contribution in [1.82, 2.24) is 29.9 Å². The number of sulfonamides is 1. The van der Waals surface area contributed by atoms with Gasteiger partial charge in [-0.15, -0.1) is 0 Å². The number of pyridine rings is 1. The van der Waals surface area contributed by atoms with Gasteiger partial charge in [0.05, 0.1) is 33.9 Å². The minimum atomic E-state index is -5.23. The highest BCUT2D eigenvalue weighted by atomic mass is 35.5. The van der Waals surface area contributed by atoms with Crippen LogP contribution in [0.1, 0.15) is 66.1 Å². The molecule has 69 heavy (non-hydrogen) atoms. The van der Waals surface area contributed by atoms with Crippen LogP contribution in [0.3, 0.4) is 0 Å². The number of alkyl halides is 8. The predicted molar refractivity (Wildman–Crippen MR) is 224 cm³/mol.